The van der Waals surface area contributed by atoms with Gasteiger partial charge in [0.2, 0.25) is 5.91 Å². The number of carboxylic acids is 1. The third-order valence-electron chi connectivity index (χ3n) is 5.83. The van der Waals surface area contributed by atoms with Crippen molar-refractivity contribution in [2.75, 3.05) is 13.1 Å². The van der Waals surface area contributed by atoms with Crippen LogP contribution in [0.15, 0.2) is 0 Å². The van der Waals surface area contributed by atoms with E-state index < -0.39 is 11.9 Å². The monoisotopic (exact) mass is 403 g/mol. The van der Waals surface area contributed by atoms with Crippen molar-refractivity contribution in [1.29, 1.82) is 0 Å². The van der Waals surface area contributed by atoms with Crippen LogP contribution in [-0.4, -0.2) is 29.9 Å². The molecule has 0 radical (unpaired) electrons. The van der Waals surface area contributed by atoms with Crippen LogP contribution in [0.3, 0.4) is 0 Å². The summed E-state index contributed by atoms with van der Waals surface area (Å²) in [5.41, 5.74) is 0. The van der Waals surface area contributed by atoms with E-state index >= 15 is 0 Å². The van der Waals surface area contributed by atoms with Gasteiger partial charge < -0.3 is 14.8 Å². The Kier molecular flexibility index (Phi) is 18.9. The molecule has 0 aromatic heterocycles. The number of hydrogen-bond donors (Lipinski definition) is 0. The molecule has 1 heterocycles. The zero-order chi connectivity index (χ0) is 19.7. The zero-order valence-electron chi connectivity index (χ0n) is 18.7. The molecule has 1 fully saturated rings. The number of carbonyl (C=O) groups is 2. The molecule has 1 unspecified atom stereocenters. The van der Waals surface area contributed by atoms with Gasteiger partial charge >= 0.3 is 29.6 Å². The van der Waals surface area contributed by atoms with Gasteiger partial charge in [-0.15, -0.1) is 0 Å². The van der Waals surface area contributed by atoms with Gasteiger partial charge in [-0.2, -0.15) is 0 Å². The number of nitrogens with zero attached hydrogens (tertiary/aromatic N) is 1. The van der Waals surface area contributed by atoms with Gasteiger partial charge in [-0.25, -0.2) is 0 Å². The standard InChI is InChI=1S/C23H43NO3.Na/c1-2-3-4-5-6-7-8-9-10-11-12-13-14-15-16-17-18-24-20-21(23(26)27)19-22(24)25;/h21H,2-20H2,1H3,(H,26,27);/q;+1/p-1. The summed E-state index contributed by atoms with van der Waals surface area (Å²) in [6.45, 7) is 3.33. The normalized spacial score (nSPS) is 16.4. The van der Waals surface area contributed by atoms with Crippen LogP contribution >= 0.6 is 0 Å². The molecule has 1 rings (SSSR count). The van der Waals surface area contributed by atoms with Crippen LogP contribution in [0.2, 0.25) is 0 Å². The quantitative estimate of drug-likeness (QED) is 0.259. The van der Waals surface area contributed by atoms with Gasteiger partial charge in [0, 0.05) is 31.4 Å². The van der Waals surface area contributed by atoms with E-state index in [-0.39, 0.29) is 41.9 Å². The molecule has 0 aromatic carbocycles. The topological polar surface area (TPSA) is 60.4 Å². The first kappa shape index (κ1) is 27.9. The Morgan fingerprint density at radius 1 is 0.821 bits per heavy atom. The molecule has 1 aliphatic rings. The molecular formula is C23H42NNaO3. The number of unbranched alkanes of at least 4 members (excludes halogenated alkanes) is 15. The Morgan fingerprint density at radius 2 is 1.21 bits per heavy atom. The first-order chi connectivity index (χ1) is 13.1. The molecule has 5 heteroatoms. The first-order valence-electron chi connectivity index (χ1n) is 11.6. The minimum absolute atomic E-state index is 0. The summed E-state index contributed by atoms with van der Waals surface area (Å²) < 4.78 is 0. The smallest absolute Gasteiger partial charge is 0.550 e. The maximum atomic E-state index is 11.7. The summed E-state index contributed by atoms with van der Waals surface area (Å²) in [5, 5.41) is 10.8. The van der Waals surface area contributed by atoms with Crippen molar-refractivity contribution in [3.63, 3.8) is 0 Å². The van der Waals surface area contributed by atoms with Gasteiger partial charge in [0.05, 0.1) is 0 Å². The molecular weight excluding hydrogens is 361 g/mol. The Bertz CT molecular complexity index is 403. The van der Waals surface area contributed by atoms with Crippen LogP contribution < -0.4 is 34.7 Å². The molecule has 0 aliphatic carbocycles. The Morgan fingerprint density at radius 3 is 1.57 bits per heavy atom. The van der Waals surface area contributed by atoms with Gasteiger partial charge in [0.25, 0.3) is 0 Å². The van der Waals surface area contributed by atoms with Crippen LogP contribution in [0.5, 0.6) is 0 Å². The van der Waals surface area contributed by atoms with Gasteiger partial charge in [-0.1, -0.05) is 103 Å². The third kappa shape index (κ3) is 14.0. The Hall–Kier alpha value is -0.0600. The summed E-state index contributed by atoms with van der Waals surface area (Å²) in [7, 11) is 0. The van der Waals surface area contributed by atoms with Crippen molar-refractivity contribution in [3.05, 3.63) is 0 Å². The summed E-state index contributed by atoms with van der Waals surface area (Å²) >= 11 is 0. The number of amides is 1. The average molecular weight is 404 g/mol. The van der Waals surface area contributed by atoms with E-state index in [1.807, 2.05) is 0 Å². The molecule has 0 aromatic rings. The molecule has 0 bridgehead atoms. The fourth-order valence-corrected chi connectivity index (χ4v) is 4.00. The molecule has 1 saturated heterocycles. The van der Waals surface area contributed by atoms with Crippen molar-refractivity contribution in [3.8, 4) is 0 Å². The fourth-order valence-electron chi connectivity index (χ4n) is 4.00. The third-order valence-corrected chi connectivity index (χ3v) is 5.83. The van der Waals surface area contributed by atoms with E-state index in [0.29, 0.717) is 13.1 Å². The van der Waals surface area contributed by atoms with Gasteiger partial charge in [0.15, 0.2) is 0 Å². The van der Waals surface area contributed by atoms with Crippen molar-refractivity contribution < 1.29 is 44.3 Å². The predicted octanol–water partition coefficient (Wildman–Crippen LogP) is 1.85. The van der Waals surface area contributed by atoms with Crippen LogP contribution in [-0.2, 0) is 9.59 Å². The summed E-state index contributed by atoms with van der Waals surface area (Å²) in [6.07, 6.45) is 21.5. The minimum atomic E-state index is -1.09. The molecule has 1 atom stereocenters. The molecule has 0 saturated carbocycles. The van der Waals surface area contributed by atoms with Crippen molar-refractivity contribution in [2.24, 2.45) is 5.92 Å². The van der Waals surface area contributed by atoms with E-state index in [9.17, 15) is 14.7 Å². The van der Waals surface area contributed by atoms with Crippen molar-refractivity contribution in [2.45, 2.75) is 116 Å². The van der Waals surface area contributed by atoms with E-state index in [2.05, 4.69) is 6.92 Å². The fraction of sp³-hybridized carbons (Fsp3) is 0.913. The zero-order valence-corrected chi connectivity index (χ0v) is 20.7. The first-order valence-corrected chi connectivity index (χ1v) is 11.6. The molecule has 158 valence electrons. The second kappa shape index (κ2) is 18.9. The SMILES string of the molecule is CCCCCCCCCCCCCCCCCCN1CC(C(=O)[O-])CC1=O.[Na+]. The van der Waals surface area contributed by atoms with E-state index in [1.165, 1.54) is 89.9 Å². The number of likely N-dealkylation sites (tertiary alicyclic amines) is 1. The number of hydrogen-bond acceptors (Lipinski definition) is 3. The number of carbonyl (C=O) groups excluding carboxylic acids is 2. The van der Waals surface area contributed by atoms with Gasteiger partial charge in [-0.05, 0) is 6.42 Å². The van der Waals surface area contributed by atoms with Crippen LogP contribution in [0.25, 0.3) is 0 Å². The van der Waals surface area contributed by atoms with E-state index in [4.69, 9.17) is 0 Å². The second-order valence-corrected chi connectivity index (χ2v) is 8.36. The molecule has 1 aliphatic heterocycles. The number of rotatable bonds is 18. The Labute approximate surface area is 195 Å². The number of carboxylic acid groups (broad SMARTS) is 1. The van der Waals surface area contributed by atoms with E-state index in [1.54, 1.807) is 4.90 Å². The molecule has 1 amide bonds. The van der Waals surface area contributed by atoms with E-state index in [0.717, 1.165) is 12.8 Å². The maximum absolute atomic E-state index is 11.7. The molecule has 4 nitrogen and oxygen atoms in total. The van der Waals surface area contributed by atoms with Crippen LogP contribution in [0.4, 0.5) is 0 Å². The number of aliphatic carboxylic acids is 1. The second-order valence-electron chi connectivity index (χ2n) is 8.36. The Balaban J connectivity index is 0.00000729. The van der Waals surface area contributed by atoms with Crippen molar-refractivity contribution >= 4 is 11.9 Å². The molecule has 0 N–H and O–H groups in total. The molecule has 28 heavy (non-hydrogen) atoms. The average Bonchev–Trinajstić information content (AvgIpc) is 3.02. The van der Waals surface area contributed by atoms with Crippen LogP contribution in [0, 0.1) is 5.92 Å². The maximum Gasteiger partial charge on any atom is 1.00 e. The van der Waals surface area contributed by atoms with Gasteiger partial charge in [0.1, 0.15) is 0 Å². The largest absolute Gasteiger partial charge is 1.00 e. The summed E-state index contributed by atoms with van der Waals surface area (Å²) in [5.74, 6) is -1.71. The van der Waals surface area contributed by atoms with Crippen molar-refractivity contribution in [1.82, 2.24) is 4.90 Å². The summed E-state index contributed by atoms with van der Waals surface area (Å²) in [4.78, 5) is 24.2. The van der Waals surface area contributed by atoms with Gasteiger partial charge in [-0.3, -0.25) is 4.79 Å². The summed E-state index contributed by atoms with van der Waals surface area (Å²) in [6, 6.07) is 0. The van der Waals surface area contributed by atoms with Crippen LogP contribution in [0.1, 0.15) is 116 Å². The predicted molar refractivity (Wildman–Crippen MR) is 109 cm³/mol. The minimum Gasteiger partial charge on any atom is -0.550 e. The molecule has 0 spiro atoms.